The maximum atomic E-state index is 12.0. The molecule has 3 nitrogen and oxygen atoms in total. The Hall–Kier alpha value is -0.870. The van der Waals surface area contributed by atoms with E-state index >= 15 is 0 Å². The minimum absolute atomic E-state index is 0.129. The topological polar surface area (TPSA) is 32.3 Å². The molecule has 1 saturated carbocycles. The van der Waals surface area contributed by atoms with Gasteiger partial charge in [-0.2, -0.15) is 0 Å². The standard InChI is InChI=1S/C13H18N2OS/c1-9-6-7-11(17-9)13-14-8-12(16)15(13)10-4-2-3-5-10/h6-7,10,13-14H,2-5,8H2,1H3. The zero-order valence-corrected chi connectivity index (χ0v) is 10.9. The van der Waals surface area contributed by atoms with Crippen LogP contribution in [0.15, 0.2) is 12.1 Å². The highest BCUT2D eigenvalue weighted by molar-refractivity contribution is 7.12. The lowest BCUT2D eigenvalue weighted by Gasteiger charge is -2.29. The number of carbonyl (C=O) groups is 1. The summed E-state index contributed by atoms with van der Waals surface area (Å²) in [6, 6.07) is 4.75. The average molecular weight is 250 g/mol. The molecule has 92 valence electrons. The van der Waals surface area contributed by atoms with Crippen LogP contribution in [0.4, 0.5) is 0 Å². The van der Waals surface area contributed by atoms with Crippen molar-refractivity contribution in [2.24, 2.45) is 0 Å². The number of amides is 1. The Bertz CT molecular complexity index is 423. The van der Waals surface area contributed by atoms with Gasteiger partial charge in [-0.3, -0.25) is 10.1 Å². The molecule has 1 aliphatic heterocycles. The highest BCUT2D eigenvalue weighted by atomic mass is 32.1. The SMILES string of the molecule is Cc1ccc(C2NCC(=O)N2C2CCCC2)s1. The van der Waals surface area contributed by atoms with Crippen LogP contribution in [0.2, 0.25) is 0 Å². The van der Waals surface area contributed by atoms with Gasteiger partial charge < -0.3 is 4.90 Å². The molecule has 1 unspecified atom stereocenters. The first kappa shape index (κ1) is 11.2. The molecule has 1 saturated heterocycles. The summed E-state index contributed by atoms with van der Waals surface area (Å²) in [5, 5.41) is 3.35. The van der Waals surface area contributed by atoms with E-state index in [1.807, 2.05) is 0 Å². The van der Waals surface area contributed by atoms with Gasteiger partial charge in [-0.15, -0.1) is 11.3 Å². The first-order chi connectivity index (χ1) is 8.25. The van der Waals surface area contributed by atoms with Gasteiger partial charge >= 0.3 is 0 Å². The highest BCUT2D eigenvalue weighted by Gasteiger charge is 2.38. The summed E-state index contributed by atoms with van der Waals surface area (Å²) in [6.45, 7) is 2.61. The smallest absolute Gasteiger partial charge is 0.238 e. The molecule has 0 spiro atoms. The van der Waals surface area contributed by atoms with Gasteiger partial charge in [0.25, 0.3) is 0 Å². The predicted octanol–water partition coefficient (Wildman–Crippen LogP) is 2.43. The van der Waals surface area contributed by atoms with Crippen molar-refractivity contribution in [2.45, 2.75) is 44.8 Å². The van der Waals surface area contributed by atoms with Gasteiger partial charge in [-0.1, -0.05) is 12.8 Å². The van der Waals surface area contributed by atoms with Gasteiger partial charge in [0.2, 0.25) is 5.91 Å². The zero-order chi connectivity index (χ0) is 11.8. The van der Waals surface area contributed by atoms with Gasteiger partial charge in [-0.25, -0.2) is 0 Å². The molecule has 2 heterocycles. The van der Waals surface area contributed by atoms with Crippen molar-refractivity contribution in [3.05, 3.63) is 21.9 Å². The van der Waals surface area contributed by atoms with Crippen molar-refractivity contribution in [1.82, 2.24) is 10.2 Å². The van der Waals surface area contributed by atoms with Gasteiger partial charge in [0.15, 0.2) is 0 Å². The van der Waals surface area contributed by atoms with E-state index in [2.05, 4.69) is 29.3 Å². The van der Waals surface area contributed by atoms with Crippen molar-refractivity contribution in [3.8, 4) is 0 Å². The molecule has 1 aliphatic carbocycles. The number of nitrogens with zero attached hydrogens (tertiary/aromatic N) is 1. The zero-order valence-electron chi connectivity index (χ0n) is 10.1. The molecule has 1 aromatic rings. The Morgan fingerprint density at radius 2 is 2.12 bits per heavy atom. The van der Waals surface area contributed by atoms with Crippen molar-refractivity contribution in [3.63, 3.8) is 0 Å². The Morgan fingerprint density at radius 3 is 2.76 bits per heavy atom. The van der Waals surface area contributed by atoms with Crippen LogP contribution < -0.4 is 5.32 Å². The molecule has 0 radical (unpaired) electrons. The lowest BCUT2D eigenvalue weighted by atomic mass is 10.2. The number of aryl methyl sites for hydroxylation is 1. The van der Waals surface area contributed by atoms with Gasteiger partial charge in [0, 0.05) is 15.8 Å². The highest BCUT2D eigenvalue weighted by Crippen LogP contribution is 2.34. The summed E-state index contributed by atoms with van der Waals surface area (Å²) in [6.07, 6.45) is 5.02. The molecular formula is C13H18N2OS. The van der Waals surface area contributed by atoms with Gasteiger partial charge in [0.05, 0.1) is 6.54 Å². The van der Waals surface area contributed by atoms with Crippen molar-refractivity contribution >= 4 is 17.2 Å². The summed E-state index contributed by atoms with van der Waals surface area (Å²) in [4.78, 5) is 16.7. The second-order valence-corrected chi connectivity index (χ2v) is 6.29. The normalized spacial score (nSPS) is 26.1. The van der Waals surface area contributed by atoms with Crippen molar-refractivity contribution < 1.29 is 4.79 Å². The van der Waals surface area contributed by atoms with Crippen LogP contribution in [0, 0.1) is 6.92 Å². The molecule has 1 amide bonds. The fraction of sp³-hybridized carbons (Fsp3) is 0.615. The first-order valence-electron chi connectivity index (χ1n) is 6.36. The van der Waals surface area contributed by atoms with E-state index in [-0.39, 0.29) is 12.1 Å². The maximum absolute atomic E-state index is 12.0. The number of hydrogen-bond donors (Lipinski definition) is 1. The van der Waals surface area contributed by atoms with E-state index in [0.29, 0.717) is 12.6 Å². The average Bonchev–Trinajstić information content (AvgIpc) is 2.97. The Balaban J connectivity index is 1.85. The van der Waals surface area contributed by atoms with Gasteiger partial charge in [-0.05, 0) is 31.9 Å². The molecule has 2 fully saturated rings. The fourth-order valence-electron chi connectivity index (χ4n) is 2.95. The van der Waals surface area contributed by atoms with E-state index < -0.39 is 0 Å². The largest absolute Gasteiger partial charge is 0.318 e. The van der Waals surface area contributed by atoms with Crippen molar-refractivity contribution in [2.75, 3.05) is 6.54 Å². The summed E-state index contributed by atoms with van der Waals surface area (Å²) >= 11 is 1.79. The van der Waals surface area contributed by atoms with E-state index in [1.54, 1.807) is 11.3 Å². The number of carbonyl (C=O) groups excluding carboxylic acids is 1. The van der Waals surface area contributed by atoms with E-state index in [0.717, 1.165) is 0 Å². The van der Waals surface area contributed by atoms with Crippen LogP contribution in [-0.2, 0) is 4.79 Å². The number of hydrogen-bond acceptors (Lipinski definition) is 3. The lowest BCUT2D eigenvalue weighted by molar-refractivity contribution is -0.130. The van der Waals surface area contributed by atoms with Crippen molar-refractivity contribution in [1.29, 1.82) is 0 Å². The van der Waals surface area contributed by atoms with E-state index in [9.17, 15) is 4.79 Å². The van der Waals surface area contributed by atoms with Crippen LogP contribution in [0.1, 0.15) is 41.6 Å². The van der Waals surface area contributed by atoms with Crippen LogP contribution in [0.25, 0.3) is 0 Å². The molecule has 17 heavy (non-hydrogen) atoms. The van der Waals surface area contributed by atoms with Crippen LogP contribution in [0.3, 0.4) is 0 Å². The number of nitrogens with one attached hydrogen (secondary N) is 1. The second kappa shape index (κ2) is 4.42. The molecular weight excluding hydrogens is 232 g/mol. The summed E-state index contributed by atoms with van der Waals surface area (Å²) in [5.74, 6) is 0.271. The lowest BCUT2D eigenvalue weighted by Crippen LogP contribution is -2.37. The summed E-state index contributed by atoms with van der Waals surface area (Å²) < 4.78 is 0. The maximum Gasteiger partial charge on any atom is 0.238 e. The van der Waals surface area contributed by atoms with Crippen LogP contribution in [0.5, 0.6) is 0 Å². The molecule has 2 aliphatic rings. The summed E-state index contributed by atoms with van der Waals surface area (Å²) in [5.41, 5.74) is 0. The van der Waals surface area contributed by atoms with E-state index in [1.165, 1.54) is 35.4 Å². The molecule has 0 aromatic carbocycles. The number of rotatable bonds is 2. The monoisotopic (exact) mass is 250 g/mol. The van der Waals surface area contributed by atoms with Crippen LogP contribution >= 0.6 is 11.3 Å². The van der Waals surface area contributed by atoms with Crippen LogP contribution in [-0.4, -0.2) is 23.4 Å². The quantitative estimate of drug-likeness (QED) is 0.874. The third-order valence-corrected chi connectivity index (χ3v) is 4.81. The second-order valence-electron chi connectivity index (χ2n) is 4.97. The molecule has 1 aromatic heterocycles. The Morgan fingerprint density at radius 1 is 1.35 bits per heavy atom. The molecule has 0 bridgehead atoms. The first-order valence-corrected chi connectivity index (χ1v) is 7.18. The number of thiophene rings is 1. The third kappa shape index (κ3) is 2.00. The Labute approximate surface area is 106 Å². The molecule has 4 heteroatoms. The minimum atomic E-state index is 0.129. The third-order valence-electron chi connectivity index (χ3n) is 3.76. The predicted molar refractivity (Wildman–Crippen MR) is 68.9 cm³/mol. The van der Waals surface area contributed by atoms with Gasteiger partial charge in [0.1, 0.15) is 6.17 Å². The molecule has 3 rings (SSSR count). The van der Waals surface area contributed by atoms with E-state index in [4.69, 9.17) is 0 Å². The summed E-state index contributed by atoms with van der Waals surface area (Å²) in [7, 11) is 0. The Kier molecular flexibility index (Phi) is 2.92. The fourth-order valence-corrected chi connectivity index (χ4v) is 3.91. The minimum Gasteiger partial charge on any atom is -0.318 e. The molecule has 1 atom stereocenters. The molecule has 1 N–H and O–H groups in total.